The minimum absolute atomic E-state index is 0.294. The van der Waals surface area contributed by atoms with Gasteiger partial charge in [-0.1, -0.05) is 12.2 Å². The minimum Gasteiger partial charge on any atom is -0.432 e. The lowest BCUT2D eigenvalue weighted by Gasteiger charge is -2.28. The van der Waals surface area contributed by atoms with Gasteiger partial charge in [0.05, 0.1) is 18.6 Å². The minimum atomic E-state index is -0.716. The van der Waals surface area contributed by atoms with Gasteiger partial charge in [0.1, 0.15) is 11.3 Å². The smallest absolute Gasteiger partial charge is 0.229 e. The molecule has 2 aliphatic heterocycles. The fraction of sp³-hybridized carbons (Fsp3) is 0.370. The average Bonchev–Trinajstić information content (AvgIpc) is 3.54. The molecule has 0 bridgehead atoms. The number of halogens is 1. The molecule has 190 valence electrons. The van der Waals surface area contributed by atoms with Crippen LogP contribution in [0.4, 0.5) is 10.2 Å². The first kappa shape index (κ1) is 22.9. The zero-order valence-electron chi connectivity index (χ0n) is 20.3. The van der Waals surface area contributed by atoms with E-state index < -0.39 is 10.8 Å². The standard InChI is InChI=1S/C27H26FN5O3S/c28-19-13-18-2-1-3-20(18)21(14-19)25-30-23-22-12-17(16-32-6-10-37(34)11-7-32)15-29-27(22)36-24(23)26(31-25)33-4-8-35-9-5-33/h1,3,12-15H,2,4-11,16H2. The summed E-state index contributed by atoms with van der Waals surface area (Å²) in [4.78, 5) is 18.9. The van der Waals surface area contributed by atoms with E-state index in [9.17, 15) is 8.60 Å². The molecule has 0 unspecified atom stereocenters. The third-order valence-corrected chi connectivity index (χ3v) is 8.57. The number of furan rings is 1. The highest BCUT2D eigenvalue weighted by molar-refractivity contribution is 7.85. The summed E-state index contributed by atoms with van der Waals surface area (Å²) in [5, 5.41) is 0.815. The Morgan fingerprint density at radius 2 is 1.89 bits per heavy atom. The van der Waals surface area contributed by atoms with Crippen LogP contribution < -0.4 is 4.90 Å². The van der Waals surface area contributed by atoms with E-state index in [1.807, 2.05) is 18.3 Å². The van der Waals surface area contributed by atoms with E-state index in [2.05, 4.69) is 20.9 Å². The molecule has 2 fully saturated rings. The van der Waals surface area contributed by atoms with E-state index in [-0.39, 0.29) is 5.82 Å². The lowest BCUT2D eigenvalue weighted by Crippen LogP contribution is -2.37. The first-order valence-corrected chi connectivity index (χ1v) is 14.1. The summed E-state index contributed by atoms with van der Waals surface area (Å²) in [7, 11) is -0.716. The molecule has 3 aromatic heterocycles. The second-order valence-corrected chi connectivity index (χ2v) is 11.4. The number of hydrogen-bond donors (Lipinski definition) is 0. The van der Waals surface area contributed by atoms with E-state index >= 15 is 0 Å². The third kappa shape index (κ3) is 4.22. The molecule has 0 radical (unpaired) electrons. The Balaban J connectivity index is 1.38. The van der Waals surface area contributed by atoms with Crippen molar-refractivity contribution in [3.05, 3.63) is 53.0 Å². The number of anilines is 1. The van der Waals surface area contributed by atoms with Crippen molar-refractivity contribution < 1.29 is 17.8 Å². The number of allylic oxidation sites excluding steroid dienone is 1. The molecular formula is C27H26FN5O3S. The maximum atomic E-state index is 14.6. The predicted octanol–water partition coefficient (Wildman–Crippen LogP) is 3.55. The first-order chi connectivity index (χ1) is 18.1. The van der Waals surface area contributed by atoms with E-state index in [0.717, 1.165) is 41.7 Å². The van der Waals surface area contributed by atoms with E-state index in [4.69, 9.17) is 19.1 Å². The first-order valence-electron chi connectivity index (χ1n) is 12.6. The SMILES string of the molecule is O=S1CCN(Cc2cnc3oc4c(N5CCOCC5)nc(-c5cc(F)cc6c5C=CC6)nc4c3c2)CC1. The topological polar surface area (TPSA) is 84.6 Å². The zero-order valence-corrected chi connectivity index (χ0v) is 21.1. The number of fused-ring (bicyclic) bond motifs is 4. The fourth-order valence-corrected chi connectivity index (χ4v) is 6.50. The van der Waals surface area contributed by atoms with Crippen LogP contribution in [0.2, 0.25) is 0 Å². The molecule has 0 spiro atoms. The number of hydrogen-bond acceptors (Lipinski definition) is 8. The van der Waals surface area contributed by atoms with Crippen LogP contribution in [-0.4, -0.2) is 75.0 Å². The Labute approximate surface area is 215 Å². The van der Waals surface area contributed by atoms with E-state index in [0.29, 0.717) is 78.2 Å². The van der Waals surface area contributed by atoms with Gasteiger partial charge in [0, 0.05) is 66.8 Å². The number of morpholine rings is 1. The van der Waals surface area contributed by atoms with Crippen LogP contribution in [0, 0.1) is 5.82 Å². The summed E-state index contributed by atoms with van der Waals surface area (Å²) in [6, 6.07) is 5.18. The monoisotopic (exact) mass is 519 g/mol. The summed E-state index contributed by atoms with van der Waals surface area (Å²) in [5.41, 5.74) is 5.39. The van der Waals surface area contributed by atoms with Gasteiger partial charge in [-0.05, 0) is 41.3 Å². The van der Waals surface area contributed by atoms with Crippen LogP contribution in [0.15, 0.2) is 34.9 Å². The zero-order chi connectivity index (χ0) is 24.9. The van der Waals surface area contributed by atoms with Gasteiger partial charge >= 0.3 is 0 Å². The van der Waals surface area contributed by atoms with E-state index in [1.165, 1.54) is 6.07 Å². The Kier molecular flexibility index (Phi) is 5.75. The predicted molar refractivity (Wildman–Crippen MR) is 141 cm³/mol. The normalized spacial score (nSPS) is 18.8. The number of nitrogens with zero attached hydrogens (tertiary/aromatic N) is 5. The summed E-state index contributed by atoms with van der Waals surface area (Å²) < 4.78 is 38.2. The van der Waals surface area contributed by atoms with Crippen molar-refractivity contribution in [1.82, 2.24) is 19.9 Å². The fourth-order valence-electron chi connectivity index (χ4n) is 5.38. The highest BCUT2D eigenvalue weighted by Gasteiger charge is 2.25. The average molecular weight is 520 g/mol. The molecule has 5 heterocycles. The van der Waals surface area contributed by atoms with Gasteiger partial charge in [0.15, 0.2) is 17.2 Å². The number of pyridine rings is 1. The van der Waals surface area contributed by atoms with Crippen LogP contribution in [0.3, 0.4) is 0 Å². The van der Waals surface area contributed by atoms with Gasteiger partial charge in [-0.3, -0.25) is 9.11 Å². The Morgan fingerprint density at radius 3 is 2.73 bits per heavy atom. The summed E-state index contributed by atoms with van der Waals surface area (Å²) >= 11 is 0. The van der Waals surface area contributed by atoms with Gasteiger partial charge in [0.25, 0.3) is 0 Å². The van der Waals surface area contributed by atoms with Gasteiger partial charge < -0.3 is 14.1 Å². The number of aromatic nitrogens is 3. The molecule has 1 aromatic carbocycles. The highest BCUT2D eigenvalue weighted by atomic mass is 32.2. The molecule has 0 amide bonds. The van der Waals surface area contributed by atoms with Gasteiger partial charge in [-0.25, -0.2) is 19.3 Å². The molecule has 2 saturated heterocycles. The van der Waals surface area contributed by atoms with Crippen molar-refractivity contribution >= 4 is 44.9 Å². The lowest BCUT2D eigenvalue weighted by molar-refractivity contribution is 0.122. The molecule has 37 heavy (non-hydrogen) atoms. The molecule has 3 aliphatic rings. The van der Waals surface area contributed by atoms with Crippen LogP contribution >= 0.6 is 0 Å². The van der Waals surface area contributed by atoms with Crippen molar-refractivity contribution in [2.45, 2.75) is 13.0 Å². The molecule has 10 heteroatoms. The molecule has 7 rings (SSSR count). The van der Waals surface area contributed by atoms with Crippen molar-refractivity contribution in [3.63, 3.8) is 0 Å². The van der Waals surface area contributed by atoms with Crippen molar-refractivity contribution in [2.75, 3.05) is 55.8 Å². The van der Waals surface area contributed by atoms with Gasteiger partial charge in [-0.2, -0.15) is 0 Å². The van der Waals surface area contributed by atoms with Crippen LogP contribution in [0.25, 0.3) is 39.7 Å². The van der Waals surface area contributed by atoms with Crippen molar-refractivity contribution in [1.29, 1.82) is 0 Å². The molecule has 8 nitrogen and oxygen atoms in total. The summed E-state index contributed by atoms with van der Waals surface area (Å²) in [5.74, 6) is 2.27. The number of ether oxygens (including phenoxy) is 1. The third-order valence-electron chi connectivity index (χ3n) is 7.29. The van der Waals surface area contributed by atoms with Crippen molar-refractivity contribution in [2.24, 2.45) is 0 Å². The Hall–Kier alpha value is -3.21. The summed E-state index contributed by atoms with van der Waals surface area (Å²) in [6.45, 7) is 4.90. The second-order valence-electron chi connectivity index (χ2n) is 9.70. The number of benzene rings is 1. The molecule has 0 saturated carbocycles. The van der Waals surface area contributed by atoms with Gasteiger partial charge in [-0.15, -0.1) is 0 Å². The number of rotatable bonds is 4. The second kappa shape index (κ2) is 9.27. The summed E-state index contributed by atoms with van der Waals surface area (Å²) in [6.07, 6.45) is 6.59. The maximum absolute atomic E-state index is 14.6. The molecule has 4 aromatic rings. The highest BCUT2D eigenvalue weighted by Crippen LogP contribution is 2.37. The Bertz CT molecular complexity index is 1570. The molecule has 0 atom stereocenters. The van der Waals surface area contributed by atoms with Gasteiger partial charge in [0.2, 0.25) is 5.71 Å². The van der Waals surface area contributed by atoms with Crippen molar-refractivity contribution in [3.8, 4) is 11.4 Å². The lowest BCUT2D eigenvalue weighted by atomic mass is 10.0. The van der Waals surface area contributed by atoms with E-state index in [1.54, 1.807) is 6.07 Å². The molecule has 1 aliphatic carbocycles. The Morgan fingerprint density at radius 1 is 1.05 bits per heavy atom. The van der Waals surface area contributed by atoms with Crippen LogP contribution in [0.5, 0.6) is 0 Å². The van der Waals surface area contributed by atoms with Crippen LogP contribution in [-0.2, 0) is 28.5 Å². The maximum Gasteiger partial charge on any atom is 0.229 e. The molecule has 0 N–H and O–H groups in total. The molecular weight excluding hydrogens is 493 g/mol. The van der Waals surface area contributed by atoms with Crippen LogP contribution in [0.1, 0.15) is 16.7 Å². The largest absolute Gasteiger partial charge is 0.432 e. The quantitative estimate of drug-likeness (QED) is 0.405.